The smallest absolute Gasteiger partial charge is 0.329 e. The Morgan fingerprint density at radius 3 is 2.60 bits per heavy atom. The molecule has 114 valence electrons. The van der Waals surface area contributed by atoms with Gasteiger partial charge in [0.1, 0.15) is 5.54 Å². The van der Waals surface area contributed by atoms with Gasteiger partial charge in [0.05, 0.1) is 6.04 Å². The second-order valence-corrected chi connectivity index (χ2v) is 6.43. The first-order valence-corrected chi connectivity index (χ1v) is 7.77. The third-order valence-corrected chi connectivity index (χ3v) is 5.05. The van der Waals surface area contributed by atoms with Gasteiger partial charge >= 0.3 is 5.97 Å². The Morgan fingerprint density at radius 2 is 1.95 bits per heavy atom. The maximum absolute atomic E-state index is 12.3. The van der Waals surface area contributed by atoms with Crippen LogP contribution in [-0.4, -0.2) is 34.6 Å². The third-order valence-electron chi connectivity index (χ3n) is 5.05. The van der Waals surface area contributed by atoms with Crippen molar-refractivity contribution >= 4 is 11.9 Å². The van der Waals surface area contributed by atoms with Crippen LogP contribution in [0.5, 0.6) is 0 Å². The molecule has 4 atom stereocenters. The average Bonchev–Trinajstić information content (AvgIpc) is 2.46. The summed E-state index contributed by atoms with van der Waals surface area (Å²) in [5.74, 6) is -0.440. The van der Waals surface area contributed by atoms with E-state index in [1.165, 1.54) is 19.3 Å². The molecule has 1 aliphatic carbocycles. The lowest BCUT2D eigenvalue weighted by Crippen LogP contribution is -2.60. The van der Waals surface area contributed by atoms with E-state index in [1.807, 2.05) is 0 Å². The molecular formula is C15H26N2O3. The molecule has 0 aromatic carbocycles. The molecule has 1 saturated heterocycles. The van der Waals surface area contributed by atoms with Gasteiger partial charge in [-0.1, -0.05) is 19.8 Å². The predicted molar refractivity (Wildman–Crippen MR) is 76.4 cm³/mol. The number of carbonyl (C=O) groups excluding carboxylic acids is 1. The van der Waals surface area contributed by atoms with E-state index in [-0.39, 0.29) is 11.9 Å². The Labute approximate surface area is 120 Å². The summed E-state index contributed by atoms with van der Waals surface area (Å²) in [5, 5.41) is 15.4. The lowest BCUT2D eigenvalue weighted by atomic mass is 9.77. The third kappa shape index (κ3) is 3.14. The van der Waals surface area contributed by atoms with Crippen molar-refractivity contribution in [2.45, 2.75) is 76.4 Å². The molecule has 3 N–H and O–H groups in total. The highest BCUT2D eigenvalue weighted by molar-refractivity contribution is 5.89. The van der Waals surface area contributed by atoms with Gasteiger partial charge in [-0.15, -0.1) is 0 Å². The van der Waals surface area contributed by atoms with Crippen LogP contribution in [0.3, 0.4) is 0 Å². The number of hydrogen-bond acceptors (Lipinski definition) is 3. The normalized spacial score (nSPS) is 32.8. The van der Waals surface area contributed by atoms with E-state index in [2.05, 4.69) is 10.6 Å². The van der Waals surface area contributed by atoms with Gasteiger partial charge in [0.15, 0.2) is 0 Å². The van der Waals surface area contributed by atoms with Gasteiger partial charge < -0.3 is 15.7 Å². The van der Waals surface area contributed by atoms with Crippen LogP contribution >= 0.6 is 0 Å². The Morgan fingerprint density at radius 1 is 1.25 bits per heavy atom. The number of rotatable bonds is 4. The second kappa shape index (κ2) is 6.12. The first-order chi connectivity index (χ1) is 9.46. The zero-order valence-electron chi connectivity index (χ0n) is 12.4. The predicted octanol–water partition coefficient (Wildman–Crippen LogP) is 1.67. The van der Waals surface area contributed by atoms with Crippen LogP contribution in [0.4, 0.5) is 0 Å². The zero-order valence-corrected chi connectivity index (χ0v) is 12.4. The highest BCUT2D eigenvalue weighted by Crippen LogP contribution is 2.32. The molecule has 0 radical (unpaired) electrons. The van der Waals surface area contributed by atoms with Crippen LogP contribution in [0.15, 0.2) is 0 Å². The summed E-state index contributed by atoms with van der Waals surface area (Å²) in [5.41, 5.74) is -1.16. The standard InChI is InChI=1S/C15H26N2O3/c1-3-15(2,14(19)20)17-13(18)12-9-8-10-6-4-5-7-11(10)16-12/h10-12,16H,3-9H2,1-2H3,(H,17,18)(H,19,20). The molecule has 20 heavy (non-hydrogen) atoms. The maximum atomic E-state index is 12.3. The van der Waals surface area contributed by atoms with Crippen molar-refractivity contribution in [3.8, 4) is 0 Å². The van der Waals surface area contributed by atoms with Crippen LogP contribution in [0, 0.1) is 5.92 Å². The van der Waals surface area contributed by atoms with Crippen LogP contribution < -0.4 is 10.6 Å². The van der Waals surface area contributed by atoms with Crippen molar-refractivity contribution in [1.82, 2.24) is 10.6 Å². The highest BCUT2D eigenvalue weighted by atomic mass is 16.4. The summed E-state index contributed by atoms with van der Waals surface area (Å²) in [4.78, 5) is 23.6. The van der Waals surface area contributed by atoms with Gasteiger partial charge in [-0.05, 0) is 44.9 Å². The first kappa shape index (κ1) is 15.3. The minimum Gasteiger partial charge on any atom is -0.480 e. The van der Waals surface area contributed by atoms with Crippen molar-refractivity contribution in [2.24, 2.45) is 5.92 Å². The number of aliphatic carboxylic acids is 1. The number of fused-ring (bicyclic) bond motifs is 1. The number of carbonyl (C=O) groups is 2. The Kier molecular flexibility index (Phi) is 4.68. The molecule has 4 unspecified atom stereocenters. The number of hydrogen-bond donors (Lipinski definition) is 3. The zero-order chi connectivity index (χ0) is 14.8. The second-order valence-electron chi connectivity index (χ2n) is 6.43. The van der Waals surface area contributed by atoms with Crippen LogP contribution in [0.2, 0.25) is 0 Å². The van der Waals surface area contributed by atoms with Crippen molar-refractivity contribution in [3.63, 3.8) is 0 Å². The minimum absolute atomic E-state index is 0.166. The fraction of sp³-hybridized carbons (Fsp3) is 0.867. The molecule has 2 aliphatic rings. The summed E-state index contributed by atoms with van der Waals surface area (Å²) < 4.78 is 0. The molecule has 1 heterocycles. The van der Waals surface area contributed by atoms with Crippen molar-refractivity contribution in [3.05, 3.63) is 0 Å². The lowest BCUT2D eigenvalue weighted by molar-refractivity contribution is -0.147. The van der Waals surface area contributed by atoms with E-state index in [4.69, 9.17) is 0 Å². The summed E-state index contributed by atoms with van der Waals surface area (Å²) in [6, 6.07) is 0.200. The van der Waals surface area contributed by atoms with Crippen molar-refractivity contribution in [1.29, 1.82) is 0 Å². The minimum atomic E-state index is -1.16. The molecule has 1 saturated carbocycles. The fourth-order valence-corrected chi connectivity index (χ4v) is 3.35. The summed E-state index contributed by atoms with van der Waals surface area (Å²) >= 11 is 0. The van der Waals surface area contributed by atoms with Gasteiger partial charge in [0.2, 0.25) is 5.91 Å². The average molecular weight is 282 g/mol. The van der Waals surface area contributed by atoms with E-state index in [0.29, 0.717) is 18.4 Å². The molecule has 0 aromatic rings. The number of nitrogens with one attached hydrogen (secondary N) is 2. The Hall–Kier alpha value is -1.10. The van der Waals surface area contributed by atoms with Gasteiger partial charge in [0.25, 0.3) is 0 Å². The Bertz CT molecular complexity index is 385. The van der Waals surface area contributed by atoms with Crippen LogP contribution in [0.1, 0.15) is 58.8 Å². The van der Waals surface area contributed by atoms with Crippen molar-refractivity contribution in [2.75, 3.05) is 0 Å². The first-order valence-electron chi connectivity index (χ1n) is 7.77. The van der Waals surface area contributed by atoms with E-state index in [9.17, 15) is 14.7 Å². The van der Waals surface area contributed by atoms with E-state index in [0.717, 1.165) is 19.3 Å². The number of amides is 1. The largest absolute Gasteiger partial charge is 0.480 e. The van der Waals surface area contributed by atoms with E-state index in [1.54, 1.807) is 13.8 Å². The van der Waals surface area contributed by atoms with Gasteiger partial charge in [-0.25, -0.2) is 4.79 Å². The molecule has 0 spiro atoms. The van der Waals surface area contributed by atoms with Crippen molar-refractivity contribution < 1.29 is 14.7 Å². The number of carboxylic acid groups (broad SMARTS) is 1. The van der Waals surface area contributed by atoms with E-state index < -0.39 is 11.5 Å². The Balaban J connectivity index is 1.94. The van der Waals surface area contributed by atoms with E-state index >= 15 is 0 Å². The lowest BCUT2D eigenvalue weighted by Gasteiger charge is -2.40. The van der Waals surface area contributed by atoms with Gasteiger partial charge in [-0.2, -0.15) is 0 Å². The quantitative estimate of drug-likeness (QED) is 0.733. The SMILES string of the molecule is CCC(C)(NC(=O)C1CCC2CCCCC2N1)C(=O)O. The van der Waals surface area contributed by atoms with Gasteiger partial charge in [-0.3, -0.25) is 4.79 Å². The number of piperidine rings is 1. The van der Waals surface area contributed by atoms with Gasteiger partial charge in [0, 0.05) is 6.04 Å². The molecule has 5 heteroatoms. The molecule has 0 aromatic heterocycles. The fourth-order valence-electron chi connectivity index (χ4n) is 3.35. The van der Waals surface area contributed by atoms with Crippen LogP contribution in [0.25, 0.3) is 0 Å². The summed E-state index contributed by atoms with van der Waals surface area (Å²) in [6.07, 6.45) is 7.19. The molecule has 2 fully saturated rings. The monoisotopic (exact) mass is 282 g/mol. The molecule has 1 amide bonds. The number of carboxylic acids is 1. The molecule has 0 bridgehead atoms. The summed E-state index contributed by atoms with van der Waals surface area (Å²) in [7, 11) is 0. The molecule has 5 nitrogen and oxygen atoms in total. The van der Waals surface area contributed by atoms with Crippen LogP contribution in [-0.2, 0) is 9.59 Å². The topological polar surface area (TPSA) is 78.4 Å². The highest BCUT2D eigenvalue weighted by Gasteiger charge is 2.38. The molecular weight excluding hydrogens is 256 g/mol. The molecule has 1 aliphatic heterocycles. The molecule has 2 rings (SSSR count). The summed E-state index contributed by atoms with van der Waals surface area (Å²) in [6.45, 7) is 3.35. The maximum Gasteiger partial charge on any atom is 0.329 e.